The third-order valence-corrected chi connectivity index (χ3v) is 6.20. The third-order valence-electron chi connectivity index (χ3n) is 4.95. The maximum Gasteiger partial charge on any atom is 0.207 e. The predicted molar refractivity (Wildman–Crippen MR) is 97.9 cm³/mol. The molecule has 2 atom stereocenters. The molecule has 5 heteroatoms. The van der Waals surface area contributed by atoms with Crippen LogP contribution in [-0.4, -0.2) is 16.5 Å². The molecule has 1 aromatic carbocycles. The average molecular weight is 339 g/mol. The van der Waals surface area contributed by atoms with Gasteiger partial charge in [0.15, 0.2) is 5.78 Å². The van der Waals surface area contributed by atoms with E-state index in [1.807, 2.05) is 13.0 Å². The number of rotatable bonds is 3. The number of ketones is 1. The summed E-state index contributed by atoms with van der Waals surface area (Å²) in [6, 6.07) is 10.8. The van der Waals surface area contributed by atoms with E-state index in [-0.39, 0.29) is 11.8 Å². The molecule has 4 nitrogen and oxygen atoms in total. The van der Waals surface area contributed by atoms with Crippen molar-refractivity contribution in [2.45, 2.75) is 45.6 Å². The smallest absolute Gasteiger partial charge is 0.207 e. The lowest BCUT2D eigenvalue weighted by atomic mass is 9.80. The van der Waals surface area contributed by atoms with Gasteiger partial charge in [0.25, 0.3) is 0 Å². The molecule has 2 aliphatic rings. The minimum Gasteiger partial charge on any atom is -0.294 e. The van der Waals surface area contributed by atoms with E-state index in [1.165, 1.54) is 41.9 Å². The predicted octanol–water partition coefficient (Wildman–Crippen LogP) is 4.76. The van der Waals surface area contributed by atoms with Gasteiger partial charge in [0.1, 0.15) is 0 Å². The highest BCUT2D eigenvalue weighted by Gasteiger charge is 2.41. The number of aromatic nitrogens is 1. The van der Waals surface area contributed by atoms with E-state index in [4.69, 9.17) is 5.10 Å². The number of aryl methyl sites for hydroxylation is 1. The quantitative estimate of drug-likeness (QED) is 0.757. The molecule has 0 unspecified atom stereocenters. The van der Waals surface area contributed by atoms with Crippen molar-refractivity contribution in [2.75, 3.05) is 5.01 Å². The lowest BCUT2D eigenvalue weighted by Gasteiger charge is -2.28. The van der Waals surface area contributed by atoms with Crippen LogP contribution in [-0.2, 0) is 0 Å². The Hall–Kier alpha value is -2.01. The number of carbonyl (C=O) groups is 1. The highest BCUT2D eigenvalue weighted by Crippen LogP contribution is 2.45. The highest BCUT2D eigenvalue weighted by molar-refractivity contribution is 7.17. The number of thiazole rings is 1. The van der Waals surface area contributed by atoms with Gasteiger partial charge in [-0.1, -0.05) is 48.1 Å². The van der Waals surface area contributed by atoms with Crippen LogP contribution in [0.15, 0.2) is 35.4 Å². The number of Topliss-reactive ketones (excluding diaryl/α,β-unsaturated/α-hetero) is 1. The number of fused-ring (bicyclic) bond motifs is 1. The molecular weight excluding hydrogens is 318 g/mol. The van der Waals surface area contributed by atoms with Gasteiger partial charge in [-0.05, 0) is 31.7 Å². The van der Waals surface area contributed by atoms with Crippen molar-refractivity contribution in [1.82, 2.24) is 4.98 Å². The van der Waals surface area contributed by atoms with Crippen LogP contribution >= 0.6 is 11.3 Å². The normalized spacial score (nSPS) is 23.1. The molecule has 1 aromatic heterocycles. The maximum atomic E-state index is 11.8. The Morgan fingerprint density at radius 3 is 2.75 bits per heavy atom. The summed E-state index contributed by atoms with van der Waals surface area (Å²) in [5, 5.41) is 7.85. The summed E-state index contributed by atoms with van der Waals surface area (Å²) < 4.78 is 0. The number of hydrogen-bond acceptors (Lipinski definition) is 5. The maximum absolute atomic E-state index is 11.8. The molecule has 1 aliphatic carbocycles. The van der Waals surface area contributed by atoms with E-state index in [1.54, 1.807) is 6.92 Å². The Morgan fingerprint density at radius 1 is 1.25 bits per heavy atom. The number of hydrogen-bond donors (Lipinski definition) is 0. The number of benzene rings is 1. The SMILES string of the molecule is CC(=O)c1sc(N2N=C3CCCC[C@H]3[C@@H]2c2ccccc2)nc1C. The number of nitrogens with zero attached hydrogens (tertiary/aromatic N) is 3. The van der Waals surface area contributed by atoms with Crippen molar-refractivity contribution in [2.24, 2.45) is 11.0 Å². The van der Waals surface area contributed by atoms with Crippen LogP contribution in [0.2, 0.25) is 0 Å². The second-order valence-corrected chi connectivity index (χ2v) is 7.59. The van der Waals surface area contributed by atoms with Crippen LogP contribution in [0.5, 0.6) is 0 Å². The Morgan fingerprint density at radius 2 is 2.04 bits per heavy atom. The summed E-state index contributed by atoms with van der Waals surface area (Å²) in [5.41, 5.74) is 3.39. The molecule has 24 heavy (non-hydrogen) atoms. The first-order valence-electron chi connectivity index (χ1n) is 8.55. The largest absolute Gasteiger partial charge is 0.294 e. The van der Waals surface area contributed by atoms with Gasteiger partial charge in [0.2, 0.25) is 5.13 Å². The highest BCUT2D eigenvalue weighted by atomic mass is 32.1. The van der Waals surface area contributed by atoms with Gasteiger partial charge in [-0.3, -0.25) is 4.79 Å². The van der Waals surface area contributed by atoms with Crippen molar-refractivity contribution in [3.63, 3.8) is 0 Å². The molecule has 124 valence electrons. The summed E-state index contributed by atoms with van der Waals surface area (Å²) >= 11 is 1.47. The summed E-state index contributed by atoms with van der Waals surface area (Å²) in [6.07, 6.45) is 4.74. The Kier molecular flexibility index (Phi) is 3.96. The molecule has 2 heterocycles. The van der Waals surface area contributed by atoms with Crippen molar-refractivity contribution < 1.29 is 4.79 Å². The van der Waals surface area contributed by atoms with Crippen LogP contribution in [0.4, 0.5) is 5.13 Å². The minimum absolute atomic E-state index is 0.0803. The molecule has 0 amide bonds. The van der Waals surface area contributed by atoms with E-state index in [2.05, 4.69) is 34.3 Å². The van der Waals surface area contributed by atoms with E-state index < -0.39 is 0 Å². The summed E-state index contributed by atoms with van der Waals surface area (Å²) in [7, 11) is 0. The van der Waals surface area contributed by atoms with E-state index in [0.29, 0.717) is 5.92 Å². The molecule has 1 aliphatic heterocycles. The summed E-state index contributed by atoms with van der Waals surface area (Å²) in [4.78, 5) is 17.2. The second-order valence-electron chi connectivity index (χ2n) is 6.61. The zero-order chi connectivity index (χ0) is 16.7. The second kappa shape index (κ2) is 6.13. The summed E-state index contributed by atoms with van der Waals surface area (Å²) in [6.45, 7) is 3.51. The zero-order valence-electron chi connectivity index (χ0n) is 14.0. The molecule has 0 N–H and O–H groups in total. The Labute approximate surface area is 146 Å². The summed E-state index contributed by atoms with van der Waals surface area (Å²) in [5.74, 6) is 0.544. The molecule has 0 radical (unpaired) electrons. The van der Waals surface area contributed by atoms with Crippen LogP contribution in [0, 0.1) is 12.8 Å². The number of anilines is 1. The van der Waals surface area contributed by atoms with E-state index in [0.717, 1.165) is 22.1 Å². The van der Waals surface area contributed by atoms with E-state index >= 15 is 0 Å². The van der Waals surface area contributed by atoms with Gasteiger partial charge >= 0.3 is 0 Å². The van der Waals surface area contributed by atoms with Crippen LogP contribution in [0.1, 0.15) is 59.6 Å². The molecule has 4 rings (SSSR count). The van der Waals surface area contributed by atoms with Gasteiger partial charge in [0, 0.05) is 18.6 Å². The monoisotopic (exact) mass is 339 g/mol. The number of carbonyl (C=O) groups excluding carboxylic acids is 1. The lowest BCUT2D eigenvalue weighted by molar-refractivity contribution is 0.102. The van der Waals surface area contributed by atoms with Gasteiger partial charge in [-0.2, -0.15) is 5.10 Å². The van der Waals surface area contributed by atoms with Crippen molar-refractivity contribution in [3.8, 4) is 0 Å². The van der Waals surface area contributed by atoms with Crippen LogP contribution in [0.25, 0.3) is 0 Å². The standard InChI is InChI=1S/C19H21N3OS/c1-12-18(13(2)23)24-19(20-12)22-17(14-8-4-3-5-9-14)15-10-6-7-11-16(15)21-22/h3-5,8-9,15,17H,6-7,10-11H2,1-2H3/t15-,17+/m1/s1. The minimum atomic E-state index is 0.0803. The first-order chi connectivity index (χ1) is 11.6. The first-order valence-corrected chi connectivity index (χ1v) is 9.36. The Balaban J connectivity index is 1.78. The first kappa shape index (κ1) is 15.5. The van der Waals surface area contributed by atoms with Gasteiger partial charge in [-0.15, -0.1) is 0 Å². The van der Waals surface area contributed by atoms with Crippen LogP contribution in [0.3, 0.4) is 0 Å². The van der Waals surface area contributed by atoms with Gasteiger partial charge < -0.3 is 0 Å². The van der Waals surface area contributed by atoms with Crippen LogP contribution < -0.4 is 5.01 Å². The molecule has 1 fully saturated rings. The van der Waals surface area contributed by atoms with Crippen molar-refractivity contribution >= 4 is 28.0 Å². The molecule has 1 saturated carbocycles. The average Bonchev–Trinajstić information content (AvgIpc) is 3.16. The fourth-order valence-electron chi connectivity index (χ4n) is 3.85. The zero-order valence-corrected chi connectivity index (χ0v) is 14.8. The fourth-order valence-corrected chi connectivity index (χ4v) is 4.80. The topological polar surface area (TPSA) is 45.6 Å². The third kappa shape index (κ3) is 2.57. The molecule has 0 spiro atoms. The lowest BCUT2D eigenvalue weighted by Crippen LogP contribution is -2.27. The van der Waals surface area contributed by atoms with Gasteiger partial charge in [-0.25, -0.2) is 9.99 Å². The van der Waals surface area contributed by atoms with Crippen molar-refractivity contribution in [1.29, 1.82) is 0 Å². The molecule has 0 bridgehead atoms. The molecular formula is C19H21N3OS. The molecule has 2 aromatic rings. The number of hydrazone groups is 1. The fraction of sp³-hybridized carbons (Fsp3) is 0.421. The van der Waals surface area contributed by atoms with Gasteiger partial charge in [0.05, 0.1) is 16.6 Å². The Bertz CT molecular complexity index is 796. The van der Waals surface area contributed by atoms with E-state index in [9.17, 15) is 4.79 Å². The van der Waals surface area contributed by atoms with Crippen molar-refractivity contribution in [3.05, 3.63) is 46.5 Å². The molecule has 0 saturated heterocycles.